The summed E-state index contributed by atoms with van der Waals surface area (Å²) in [5, 5.41) is 14.1. The molecule has 4 nitrogen and oxygen atoms in total. The van der Waals surface area contributed by atoms with Gasteiger partial charge in [-0.25, -0.2) is 4.79 Å². The normalized spacial score (nSPS) is 10.8. The van der Waals surface area contributed by atoms with Gasteiger partial charge in [0.1, 0.15) is 0 Å². The summed E-state index contributed by atoms with van der Waals surface area (Å²) >= 11 is 0. The van der Waals surface area contributed by atoms with Crippen LogP contribution in [0.4, 0.5) is 5.69 Å². The zero-order valence-corrected chi connectivity index (χ0v) is 14.8. The maximum atomic E-state index is 11.7. The fourth-order valence-electron chi connectivity index (χ4n) is 3.36. The maximum Gasteiger partial charge on any atom is 0.337 e. The van der Waals surface area contributed by atoms with Gasteiger partial charge in [0.2, 0.25) is 0 Å². The zero-order valence-electron chi connectivity index (χ0n) is 14.8. The van der Waals surface area contributed by atoms with Crippen molar-refractivity contribution < 1.29 is 9.90 Å². The van der Waals surface area contributed by atoms with Crippen molar-refractivity contribution >= 4 is 22.6 Å². The second-order valence-corrected chi connectivity index (χ2v) is 6.47. The van der Waals surface area contributed by atoms with Gasteiger partial charge in [0.25, 0.3) is 0 Å². The van der Waals surface area contributed by atoms with E-state index in [-0.39, 0.29) is 5.56 Å². The molecule has 1 heterocycles. The minimum Gasteiger partial charge on any atom is -0.478 e. The molecule has 4 aromatic rings. The van der Waals surface area contributed by atoms with Gasteiger partial charge in [0.05, 0.1) is 5.56 Å². The predicted octanol–water partition coefficient (Wildman–Crippen LogP) is 5.19. The number of benzene rings is 3. The van der Waals surface area contributed by atoms with Crippen molar-refractivity contribution in [3.63, 3.8) is 0 Å². The highest BCUT2D eigenvalue weighted by Gasteiger charge is 2.12. The van der Waals surface area contributed by atoms with Gasteiger partial charge >= 0.3 is 5.97 Å². The highest BCUT2D eigenvalue weighted by Crippen LogP contribution is 2.26. The van der Waals surface area contributed by atoms with E-state index >= 15 is 0 Å². The summed E-state index contributed by atoms with van der Waals surface area (Å²) < 4.78 is 0. The lowest BCUT2D eigenvalue weighted by atomic mass is 10.0. The van der Waals surface area contributed by atoms with Gasteiger partial charge in [-0.3, -0.25) is 0 Å². The minimum atomic E-state index is -0.928. The van der Waals surface area contributed by atoms with E-state index in [0.717, 1.165) is 23.1 Å². The molecular formula is C23H20N2O2. The summed E-state index contributed by atoms with van der Waals surface area (Å²) in [4.78, 5) is 15.0. The first-order valence-electron chi connectivity index (χ1n) is 8.94. The Balaban J connectivity index is 1.52. The first kappa shape index (κ1) is 16.9. The van der Waals surface area contributed by atoms with Gasteiger partial charge in [-0.15, -0.1) is 0 Å². The molecule has 0 unspecified atom stereocenters. The summed E-state index contributed by atoms with van der Waals surface area (Å²) in [5.41, 5.74) is 5.17. The molecule has 0 bridgehead atoms. The molecule has 134 valence electrons. The topological polar surface area (TPSA) is 65.1 Å². The van der Waals surface area contributed by atoms with Crippen LogP contribution in [0.25, 0.3) is 22.0 Å². The Morgan fingerprint density at radius 3 is 2.52 bits per heavy atom. The third-order valence-corrected chi connectivity index (χ3v) is 4.74. The Morgan fingerprint density at radius 1 is 0.926 bits per heavy atom. The summed E-state index contributed by atoms with van der Waals surface area (Å²) in [7, 11) is 0. The molecule has 0 saturated heterocycles. The van der Waals surface area contributed by atoms with Crippen LogP contribution in [0, 0.1) is 0 Å². The van der Waals surface area contributed by atoms with Crippen LogP contribution in [0.15, 0.2) is 79.0 Å². The van der Waals surface area contributed by atoms with Crippen LogP contribution in [0.1, 0.15) is 15.9 Å². The lowest BCUT2D eigenvalue weighted by molar-refractivity contribution is 0.0698. The summed E-state index contributed by atoms with van der Waals surface area (Å²) in [6.07, 6.45) is 2.83. The van der Waals surface area contributed by atoms with Crippen LogP contribution in [-0.2, 0) is 6.42 Å². The number of anilines is 1. The monoisotopic (exact) mass is 356 g/mol. The number of carboxylic acid groups (broad SMARTS) is 1. The Hall–Kier alpha value is -3.53. The molecule has 0 aliphatic heterocycles. The van der Waals surface area contributed by atoms with Crippen molar-refractivity contribution in [2.45, 2.75) is 6.42 Å². The molecular weight excluding hydrogens is 336 g/mol. The van der Waals surface area contributed by atoms with E-state index in [1.165, 1.54) is 10.9 Å². The number of nitrogens with one attached hydrogen (secondary N) is 2. The van der Waals surface area contributed by atoms with E-state index in [4.69, 9.17) is 0 Å². The number of fused-ring (bicyclic) bond motifs is 1. The molecule has 0 radical (unpaired) electrons. The number of aromatic nitrogens is 1. The van der Waals surface area contributed by atoms with Crippen LogP contribution >= 0.6 is 0 Å². The summed E-state index contributed by atoms with van der Waals surface area (Å²) in [6, 6.07) is 23.5. The lowest BCUT2D eigenvalue weighted by Crippen LogP contribution is -2.09. The van der Waals surface area contributed by atoms with Gasteiger partial charge < -0.3 is 15.4 Å². The molecule has 4 heteroatoms. The summed E-state index contributed by atoms with van der Waals surface area (Å²) in [6.45, 7) is 0.660. The number of para-hydroxylation sites is 1. The van der Waals surface area contributed by atoms with Crippen molar-refractivity contribution in [1.82, 2.24) is 4.98 Å². The van der Waals surface area contributed by atoms with Crippen molar-refractivity contribution in [2.24, 2.45) is 0 Å². The van der Waals surface area contributed by atoms with E-state index in [2.05, 4.69) is 22.4 Å². The van der Waals surface area contributed by atoms with Crippen LogP contribution in [-0.4, -0.2) is 22.6 Å². The molecule has 4 rings (SSSR count). The van der Waals surface area contributed by atoms with Crippen LogP contribution in [0.5, 0.6) is 0 Å². The Labute approximate surface area is 157 Å². The van der Waals surface area contributed by atoms with E-state index in [1.807, 2.05) is 60.8 Å². The molecule has 0 aliphatic carbocycles. The van der Waals surface area contributed by atoms with Crippen LogP contribution in [0.2, 0.25) is 0 Å². The quantitative estimate of drug-likeness (QED) is 0.445. The highest BCUT2D eigenvalue weighted by atomic mass is 16.4. The maximum absolute atomic E-state index is 11.7. The fraction of sp³-hybridized carbons (Fsp3) is 0.0870. The molecule has 0 atom stereocenters. The number of aromatic carboxylic acids is 1. The Kier molecular flexibility index (Phi) is 4.62. The molecule has 3 N–H and O–H groups in total. The number of aromatic amines is 1. The fourth-order valence-corrected chi connectivity index (χ4v) is 3.36. The largest absolute Gasteiger partial charge is 0.478 e. The predicted molar refractivity (Wildman–Crippen MR) is 109 cm³/mol. The van der Waals surface area contributed by atoms with Crippen molar-refractivity contribution in [2.75, 3.05) is 11.9 Å². The first-order valence-corrected chi connectivity index (χ1v) is 8.94. The van der Waals surface area contributed by atoms with Gasteiger partial charge in [-0.2, -0.15) is 0 Å². The number of H-pyrrole nitrogens is 1. The van der Waals surface area contributed by atoms with Gasteiger partial charge in [-0.05, 0) is 41.3 Å². The third kappa shape index (κ3) is 3.55. The molecule has 27 heavy (non-hydrogen) atoms. The molecule has 0 spiro atoms. The van der Waals surface area contributed by atoms with Crippen LogP contribution in [0.3, 0.4) is 0 Å². The molecule has 0 aliphatic rings. The van der Waals surface area contributed by atoms with Gasteiger partial charge in [0, 0.05) is 29.3 Å². The number of hydrogen-bond donors (Lipinski definition) is 3. The van der Waals surface area contributed by atoms with Crippen molar-refractivity contribution in [3.8, 4) is 11.1 Å². The molecule has 0 amide bonds. The highest BCUT2D eigenvalue weighted by molar-refractivity contribution is 5.96. The third-order valence-electron chi connectivity index (χ3n) is 4.74. The van der Waals surface area contributed by atoms with E-state index in [1.54, 1.807) is 6.07 Å². The zero-order chi connectivity index (χ0) is 18.6. The van der Waals surface area contributed by atoms with Crippen LogP contribution < -0.4 is 5.32 Å². The molecule has 3 aromatic carbocycles. The second-order valence-electron chi connectivity index (χ2n) is 6.47. The SMILES string of the molecule is O=C(O)c1cc(-c2ccccc2)ccc1NCCc1c[nH]c2ccccc12. The second kappa shape index (κ2) is 7.38. The average Bonchev–Trinajstić information content (AvgIpc) is 3.12. The standard InChI is InChI=1S/C23H20N2O2/c26-23(27)20-14-17(16-6-2-1-3-7-16)10-11-22(20)24-13-12-18-15-25-21-9-5-4-8-19(18)21/h1-11,14-15,24-25H,12-13H2,(H,26,27). The number of rotatable bonds is 6. The Morgan fingerprint density at radius 2 is 1.70 bits per heavy atom. The lowest BCUT2D eigenvalue weighted by Gasteiger charge is -2.11. The molecule has 0 fully saturated rings. The Bertz CT molecular complexity index is 1080. The molecule has 0 saturated carbocycles. The number of hydrogen-bond acceptors (Lipinski definition) is 2. The van der Waals surface area contributed by atoms with Gasteiger partial charge in [0.15, 0.2) is 0 Å². The van der Waals surface area contributed by atoms with Gasteiger partial charge in [-0.1, -0.05) is 54.6 Å². The van der Waals surface area contributed by atoms with E-state index < -0.39 is 5.97 Å². The van der Waals surface area contributed by atoms with E-state index in [9.17, 15) is 9.90 Å². The first-order chi connectivity index (χ1) is 13.2. The molecule has 1 aromatic heterocycles. The minimum absolute atomic E-state index is 0.287. The number of carboxylic acids is 1. The van der Waals surface area contributed by atoms with E-state index in [0.29, 0.717) is 12.2 Å². The number of carbonyl (C=O) groups is 1. The van der Waals surface area contributed by atoms with Crippen molar-refractivity contribution in [1.29, 1.82) is 0 Å². The smallest absolute Gasteiger partial charge is 0.337 e. The van der Waals surface area contributed by atoms with Crippen molar-refractivity contribution in [3.05, 3.63) is 90.1 Å². The summed E-state index contributed by atoms with van der Waals surface area (Å²) in [5.74, 6) is -0.928. The average molecular weight is 356 g/mol.